The molecule has 0 saturated heterocycles. The van der Waals surface area contributed by atoms with E-state index < -0.39 is 0 Å². The molecule has 7 atom stereocenters. The summed E-state index contributed by atoms with van der Waals surface area (Å²) in [6.45, 7) is 10.7. The van der Waals surface area contributed by atoms with Crippen LogP contribution in [0.4, 0.5) is 0 Å². The maximum Gasteiger partial charge on any atom is 0.302 e. The maximum absolute atomic E-state index is 12.6. The Kier molecular flexibility index (Phi) is 3.99. The van der Waals surface area contributed by atoms with Gasteiger partial charge in [-0.25, -0.2) is 0 Å². The van der Waals surface area contributed by atoms with E-state index in [0.29, 0.717) is 29.5 Å². The second-order valence-corrected chi connectivity index (χ2v) is 10.5. The molecule has 0 aromatic heterocycles. The van der Waals surface area contributed by atoms with Crippen molar-refractivity contribution in [3.63, 3.8) is 0 Å². The molecule has 3 saturated carbocycles. The van der Waals surface area contributed by atoms with Crippen LogP contribution in [-0.4, -0.2) is 17.9 Å². The number of Topliss-reactive ketones (excluding diaryl/α,β-unsaturated/α-hetero) is 1. The Morgan fingerprint density at radius 2 is 1.69 bits per heavy atom. The number of esters is 1. The van der Waals surface area contributed by atoms with Gasteiger partial charge in [-0.15, -0.1) is 0 Å². The van der Waals surface area contributed by atoms with Crippen LogP contribution in [0.1, 0.15) is 73.1 Å². The van der Waals surface area contributed by atoms with Crippen LogP contribution in [0.15, 0.2) is 12.2 Å². The minimum absolute atomic E-state index is 0.0780. The predicted molar refractivity (Wildman–Crippen MR) is 101 cm³/mol. The lowest BCUT2D eigenvalue weighted by molar-refractivity contribution is -0.159. The Balaban J connectivity index is 1.68. The summed E-state index contributed by atoms with van der Waals surface area (Å²) in [5, 5.41) is 0. The van der Waals surface area contributed by atoms with Gasteiger partial charge in [-0.1, -0.05) is 39.8 Å². The van der Waals surface area contributed by atoms with Crippen LogP contribution in [0.2, 0.25) is 0 Å². The number of ketones is 1. The van der Waals surface area contributed by atoms with Crippen molar-refractivity contribution in [2.75, 3.05) is 0 Å². The van der Waals surface area contributed by atoms with Crippen molar-refractivity contribution in [1.82, 2.24) is 0 Å². The van der Waals surface area contributed by atoms with Gasteiger partial charge < -0.3 is 4.74 Å². The predicted octanol–water partition coefficient (Wildman–Crippen LogP) is 4.94. The average molecular weight is 359 g/mol. The van der Waals surface area contributed by atoms with E-state index in [1.807, 2.05) is 0 Å². The highest BCUT2D eigenvalue weighted by Gasteiger charge is 2.62. The van der Waals surface area contributed by atoms with Gasteiger partial charge in [0.05, 0.1) is 0 Å². The number of ether oxygens (including phenoxy) is 1. The summed E-state index contributed by atoms with van der Waals surface area (Å²) in [4.78, 5) is 24.1. The fourth-order valence-corrected chi connectivity index (χ4v) is 7.55. The van der Waals surface area contributed by atoms with E-state index in [0.717, 1.165) is 32.1 Å². The first-order valence-electron chi connectivity index (χ1n) is 10.5. The Labute approximate surface area is 157 Å². The number of fused-ring (bicyclic) bond motifs is 5. The minimum Gasteiger partial charge on any atom is -0.462 e. The molecule has 3 nitrogen and oxygen atoms in total. The van der Waals surface area contributed by atoms with E-state index in [2.05, 4.69) is 39.8 Å². The molecule has 26 heavy (non-hydrogen) atoms. The van der Waals surface area contributed by atoms with Crippen molar-refractivity contribution in [3.8, 4) is 0 Å². The molecule has 144 valence electrons. The molecule has 0 unspecified atom stereocenters. The van der Waals surface area contributed by atoms with E-state index in [-0.39, 0.29) is 28.3 Å². The van der Waals surface area contributed by atoms with Crippen molar-refractivity contribution in [3.05, 3.63) is 12.2 Å². The topological polar surface area (TPSA) is 43.4 Å². The highest BCUT2D eigenvalue weighted by molar-refractivity contribution is 5.85. The summed E-state index contributed by atoms with van der Waals surface area (Å²) in [7, 11) is 0. The first kappa shape index (κ1) is 18.3. The van der Waals surface area contributed by atoms with E-state index in [1.54, 1.807) is 0 Å². The molecule has 3 fully saturated rings. The zero-order valence-electron chi connectivity index (χ0n) is 17.0. The summed E-state index contributed by atoms with van der Waals surface area (Å²) in [5.41, 5.74) is 0.0865. The first-order chi connectivity index (χ1) is 12.1. The second kappa shape index (κ2) is 5.69. The van der Waals surface area contributed by atoms with Crippen LogP contribution in [0, 0.1) is 39.9 Å². The van der Waals surface area contributed by atoms with E-state index in [1.165, 1.54) is 13.3 Å². The minimum atomic E-state index is -0.245. The summed E-state index contributed by atoms with van der Waals surface area (Å²) >= 11 is 0. The van der Waals surface area contributed by atoms with Crippen LogP contribution in [0.25, 0.3) is 0 Å². The molecule has 0 spiro atoms. The maximum atomic E-state index is 12.6. The molecule has 0 heterocycles. The Bertz CT molecular complexity index is 662. The Morgan fingerprint density at radius 1 is 1.00 bits per heavy atom. The number of carbonyl (C=O) groups is 2. The van der Waals surface area contributed by atoms with Crippen molar-refractivity contribution in [1.29, 1.82) is 0 Å². The molecule has 0 bridgehead atoms. The number of rotatable bonds is 1. The van der Waals surface area contributed by atoms with Gasteiger partial charge in [0, 0.05) is 24.2 Å². The SMILES string of the molecule is CC(=O)O[C@H]1CC[C@H]2[C@@H]3C=C[C@@H]4C(C)(C)C(=O)CC[C@]4(C)[C@H]3CC[C@]12C. The number of allylic oxidation sites excluding steroid dienone is 2. The molecule has 4 aliphatic rings. The summed E-state index contributed by atoms with van der Waals surface area (Å²) in [6, 6.07) is 0. The fourth-order valence-electron chi connectivity index (χ4n) is 7.55. The third-order valence-electron chi connectivity index (χ3n) is 9.02. The third kappa shape index (κ3) is 2.31. The molecule has 0 aliphatic heterocycles. The van der Waals surface area contributed by atoms with E-state index in [4.69, 9.17) is 4.74 Å². The van der Waals surface area contributed by atoms with Crippen LogP contribution >= 0.6 is 0 Å². The molecule has 0 N–H and O–H groups in total. The van der Waals surface area contributed by atoms with Gasteiger partial charge in [-0.05, 0) is 61.2 Å². The highest BCUT2D eigenvalue weighted by atomic mass is 16.5. The molecule has 0 amide bonds. The van der Waals surface area contributed by atoms with Crippen LogP contribution in [0.3, 0.4) is 0 Å². The zero-order chi connectivity index (χ0) is 18.9. The third-order valence-corrected chi connectivity index (χ3v) is 9.02. The quantitative estimate of drug-likeness (QED) is 0.492. The van der Waals surface area contributed by atoms with E-state index >= 15 is 0 Å². The van der Waals surface area contributed by atoms with Crippen molar-refractivity contribution in [2.45, 2.75) is 79.2 Å². The monoisotopic (exact) mass is 358 g/mol. The Hall–Kier alpha value is -1.12. The summed E-state index contributed by atoms with van der Waals surface area (Å²) in [5.74, 6) is 2.46. The molecule has 3 heteroatoms. The van der Waals surface area contributed by atoms with Crippen molar-refractivity contribution < 1.29 is 14.3 Å². The van der Waals surface area contributed by atoms with Crippen molar-refractivity contribution >= 4 is 11.8 Å². The molecular formula is C23H34O3. The molecule has 0 radical (unpaired) electrons. The van der Waals surface area contributed by atoms with Gasteiger partial charge in [-0.2, -0.15) is 0 Å². The van der Waals surface area contributed by atoms with Gasteiger partial charge in [-0.3, -0.25) is 9.59 Å². The lowest BCUT2D eigenvalue weighted by atomic mass is 9.43. The Morgan fingerprint density at radius 3 is 2.38 bits per heavy atom. The average Bonchev–Trinajstić information content (AvgIpc) is 2.88. The molecule has 4 aliphatic carbocycles. The van der Waals surface area contributed by atoms with Gasteiger partial charge in [0.25, 0.3) is 0 Å². The van der Waals surface area contributed by atoms with E-state index in [9.17, 15) is 9.59 Å². The standard InChI is InChI=1S/C23H34O3/c1-14(24)26-20-9-7-16-15-6-8-18-21(2,3)19(25)11-13-22(18,4)17(15)10-12-23(16,20)5/h6,8,15-18,20H,7,9-13H2,1-5H3/t15-,16-,17-,18+,20-,22+,23-/m0/s1. The second-order valence-electron chi connectivity index (χ2n) is 10.5. The van der Waals surface area contributed by atoms with Crippen LogP contribution in [0.5, 0.6) is 0 Å². The fraction of sp³-hybridized carbons (Fsp3) is 0.826. The van der Waals surface area contributed by atoms with Crippen molar-refractivity contribution in [2.24, 2.45) is 39.9 Å². The molecule has 4 rings (SSSR count). The normalized spacial score (nSPS) is 49.1. The molecule has 0 aromatic rings. The lowest BCUT2D eigenvalue weighted by Crippen LogP contribution is -2.57. The summed E-state index contributed by atoms with van der Waals surface area (Å²) < 4.78 is 5.73. The first-order valence-corrected chi connectivity index (χ1v) is 10.5. The molecular weight excluding hydrogens is 324 g/mol. The van der Waals surface area contributed by atoms with Crippen LogP contribution in [-0.2, 0) is 14.3 Å². The van der Waals surface area contributed by atoms with Gasteiger partial charge >= 0.3 is 5.97 Å². The van der Waals surface area contributed by atoms with Gasteiger partial charge in [0.1, 0.15) is 11.9 Å². The number of hydrogen-bond donors (Lipinski definition) is 0. The number of hydrogen-bond acceptors (Lipinski definition) is 3. The number of carbonyl (C=O) groups excluding carboxylic acids is 2. The van der Waals surface area contributed by atoms with Gasteiger partial charge in [0.2, 0.25) is 0 Å². The van der Waals surface area contributed by atoms with Crippen LogP contribution < -0.4 is 0 Å². The largest absolute Gasteiger partial charge is 0.462 e. The lowest BCUT2D eigenvalue weighted by Gasteiger charge is -2.60. The zero-order valence-corrected chi connectivity index (χ0v) is 17.0. The highest BCUT2D eigenvalue weighted by Crippen LogP contribution is 2.66. The molecule has 0 aromatic carbocycles. The summed E-state index contributed by atoms with van der Waals surface area (Å²) in [6.07, 6.45) is 11.2. The smallest absolute Gasteiger partial charge is 0.302 e. The van der Waals surface area contributed by atoms with Gasteiger partial charge in [0.15, 0.2) is 0 Å².